The molecule has 1 saturated heterocycles. The minimum atomic E-state index is -0.225. The average molecular weight is 187 g/mol. The van der Waals surface area contributed by atoms with E-state index in [9.17, 15) is 4.39 Å². The highest BCUT2D eigenvalue weighted by Gasteiger charge is 2.31. The molecule has 1 N–H and O–H groups in total. The van der Waals surface area contributed by atoms with Gasteiger partial charge in [0.15, 0.2) is 0 Å². The molecule has 2 atom stereocenters. The Morgan fingerprint density at radius 1 is 1.38 bits per heavy atom. The Kier molecular flexibility index (Phi) is 3.17. The van der Waals surface area contributed by atoms with Gasteiger partial charge < -0.3 is 10.1 Å². The summed E-state index contributed by atoms with van der Waals surface area (Å²) in [6.45, 7) is 1.50. The lowest BCUT2D eigenvalue weighted by molar-refractivity contribution is 0.105. The summed E-state index contributed by atoms with van der Waals surface area (Å²) < 4.78 is 18.0. The summed E-state index contributed by atoms with van der Waals surface area (Å²) in [7, 11) is 0. The van der Waals surface area contributed by atoms with Crippen LogP contribution in [0.5, 0.6) is 0 Å². The molecule has 0 aromatic rings. The van der Waals surface area contributed by atoms with E-state index in [1.54, 1.807) is 0 Å². The van der Waals surface area contributed by atoms with Crippen LogP contribution in [0.15, 0.2) is 0 Å². The van der Waals surface area contributed by atoms with Crippen LogP contribution in [-0.2, 0) is 4.74 Å². The second kappa shape index (κ2) is 4.38. The van der Waals surface area contributed by atoms with Crippen molar-refractivity contribution in [1.29, 1.82) is 0 Å². The van der Waals surface area contributed by atoms with Gasteiger partial charge in [-0.25, -0.2) is 4.39 Å². The predicted molar refractivity (Wildman–Crippen MR) is 49.5 cm³/mol. The molecule has 76 valence electrons. The highest BCUT2D eigenvalue weighted by atomic mass is 19.1. The Hall–Kier alpha value is -0.150. The van der Waals surface area contributed by atoms with Gasteiger partial charge in [-0.15, -0.1) is 0 Å². The second-order valence-electron chi connectivity index (χ2n) is 4.14. The molecule has 0 spiro atoms. The van der Waals surface area contributed by atoms with E-state index in [4.69, 9.17) is 4.74 Å². The number of nitrogens with one attached hydrogen (secondary N) is 1. The second-order valence-corrected chi connectivity index (χ2v) is 4.14. The molecule has 1 heterocycles. The fraction of sp³-hybridized carbons (Fsp3) is 1.00. The van der Waals surface area contributed by atoms with Gasteiger partial charge in [0.25, 0.3) is 0 Å². The number of ether oxygens (including phenoxy) is 1. The monoisotopic (exact) mass is 187 g/mol. The molecule has 0 bridgehead atoms. The van der Waals surface area contributed by atoms with Crippen LogP contribution < -0.4 is 5.32 Å². The molecule has 1 saturated carbocycles. The van der Waals surface area contributed by atoms with E-state index in [1.807, 2.05) is 0 Å². The topological polar surface area (TPSA) is 21.3 Å². The smallest absolute Gasteiger partial charge is 0.105 e. The number of hydrogen-bond donors (Lipinski definition) is 1. The zero-order valence-electron chi connectivity index (χ0n) is 7.97. The van der Waals surface area contributed by atoms with Crippen molar-refractivity contribution in [3.63, 3.8) is 0 Å². The Labute approximate surface area is 78.8 Å². The lowest BCUT2D eigenvalue weighted by Gasteiger charge is -2.17. The molecule has 13 heavy (non-hydrogen) atoms. The Morgan fingerprint density at radius 3 is 2.77 bits per heavy atom. The van der Waals surface area contributed by atoms with Gasteiger partial charge in [0, 0.05) is 19.2 Å². The third kappa shape index (κ3) is 2.64. The number of alkyl halides is 1. The van der Waals surface area contributed by atoms with Crippen molar-refractivity contribution in [2.45, 2.75) is 37.8 Å². The Bertz CT molecular complexity index is 155. The third-order valence-electron chi connectivity index (χ3n) is 2.99. The van der Waals surface area contributed by atoms with Crippen molar-refractivity contribution in [3.8, 4) is 0 Å². The highest BCUT2D eigenvalue weighted by Crippen LogP contribution is 2.32. The van der Waals surface area contributed by atoms with Gasteiger partial charge in [-0.3, -0.25) is 0 Å². The normalized spacial score (nSPS) is 30.7. The van der Waals surface area contributed by atoms with Gasteiger partial charge >= 0.3 is 0 Å². The van der Waals surface area contributed by atoms with Gasteiger partial charge in [0.1, 0.15) is 6.67 Å². The van der Waals surface area contributed by atoms with Crippen LogP contribution in [-0.4, -0.2) is 32.0 Å². The molecule has 0 aromatic heterocycles. The molecule has 2 fully saturated rings. The van der Waals surface area contributed by atoms with Gasteiger partial charge in [-0.1, -0.05) is 0 Å². The maximum Gasteiger partial charge on any atom is 0.105 e. The molecule has 2 aliphatic rings. The first-order valence-electron chi connectivity index (χ1n) is 5.31. The largest absolute Gasteiger partial charge is 0.377 e. The molecule has 0 aromatic carbocycles. The summed E-state index contributed by atoms with van der Waals surface area (Å²) in [6.07, 6.45) is 5.04. The van der Waals surface area contributed by atoms with Crippen LogP contribution in [0.1, 0.15) is 25.7 Å². The predicted octanol–water partition coefficient (Wildman–Crippen LogP) is 1.50. The van der Waals surface area contributed by atoms with Crippen LogP contribution in [0, 0.1) is 5.92 Å². The Balaban J connectivity index is 1.64. The molecule has 2 unspecified atom stereocenters. The quantitative estimate of drug-likeness (QED) is 0.704. The first-order valence-corrected chi connectivity index (χ1v) is 5.31. The van der Waals surface area contributed by atoms with Crippen LogP contribution in [0.4, 0.5) is 4.39 Å². The average Bonchev–Trinajstić information content (AvgIpc) is 2.84. The van der Waals surface area contributed by atoms with E-state index in [1.165, 1.54) is 12.8 Å². The molecule has 3 heteroatoms. The van der Waals surface area contributed by atoms with E-state index in [2.05, 4.69) is 5.32 Å². The summed E-state index contributed by atoms with van der Waals surface area (Å²) in [5.74, 6) is 0.603. The summed E-state index contributed by atoms with van der Waals surface area (Å²) in [6, 6.07) is 0.101. The summed E-state index contributed by atoms with van der Waals surface area (Å²) in [4.78, 5) is 0. The van der Waals surface area contributed by atoms with Gasteiger partial charge in [0.05, 0.1) is 6.10 Å². The van der Waals surface area contributed by atoms with Crippen LogP contribution in [0.3, 0.4) is 0 Å². The zero-order chi connectivity index (χ0) is 9.10. The molecule has 0 amide bonds. The van der Waals surface area contributed by atoms with Crippen LogP contribution in [0.25, 0.3) is 0 Å². The van der Waals surface area contributed by atoms with Crippen LogP contribution in [0.2, 0.25) is 0 Å². The van der Waals surface area contributed by atoms with Crippen molar-refractivity contribution >= 4 is 0 Å². The van der Waals surface area contributed by atoms with Gasteiger partial charge in [-0.05, 0) is 31.6 Å². The number of hydrogen-bond acceptors (Lipinski definition) is 2. The van der Waals surface area contributed by atoms with Crippen LogP contribution >= 0.6 is 0 Å². The minimum absolute atomic E-state index is 0.101. The van der Waals surface area contributed by atoms with Gasteiger partial charge in [0.2, 0.25) is 0 Å². The van der Waals surface area contributed by atoms with E-state index in [0.717, 1.165) is 26.0 Å². The molecular weight excluding hydrogens is 169 g/mol. The van der Waals surface area contributed by atoms with Crippen molar-refractivity contribution in [3.05, 3.63) is 0 Å². The summed E-state index contributed by atoms with van der Waals surface area (Å²) in [5.41, 5.74) is 0. The van der Waals surface area contributed by atoms with E-state index >= 15 is 0 Å². The lowest BCUT2D eigenvalue weighted by atomic mass is 10.2. The van der Waals surface area contributed by atoms with E-state index < -0.39 is 0 Å². The zero-order valence-corrected chi connectivity index (χ0v) is 7.97. The first kappa shape index (κ1) is 9.41. The molecular formula is C10H18FNO. The third-order valence-corrected chi connectivity index (χ3v) is 2.99. The molecule has 1 aliphatic carbocycles. The highest BCUT2D eigenvalue weighted by molar-refractivity contribution is 4.86. The fourth-order valence-corrected chi connectivity index (χ4v) is 1.93. The maximum absolute atomic E-state index is 12.5. The van der Waals surface area contributed by atoms with Crippen molar-refractivity contribution < 1.29 is 9.13 Å². The van der Waals surface area contributed by atoms with E-state index in [-0.39, 0.29) is 12.7 Å². The summed E-state index contributed by atoms with van der Waals surface area (Å²) >= 11 is 0. The van der Waals surface area contributed by atoms with Gasteiger partial charge in [-0.2, -0.15) is 0 Å². The van der Waals surface area contributed by atoms with Crippen molar-refractivity contribution in [2.24, 2.45) is 5.92 Å². The minimum Gasteiger partial charge on any atom is -0.377 e. The van der Waals surface area contributed by atoms with E-state index in [0.29, 0.717) is 12.0 Å². The number of rotatable bonds is 5. The molecule has 1 aliphatic heterocycles. The molecule has 2 nitrogen and oxygen atoms in total. The first-order chi connectivity index (χ1) is 6.40. The van der Waals surface area contributed by atoms with Crippen molar-refractivity contribution in [1.82, 2.24) is 5.32 Å². The molecule has 2 rings (SSSR count). The standard InChI is InChI=1S/C10H18FNO/c11-6-10(8-3-4-8)12-7-9-2-1-5-13-9/h8-10,12H,1-7H2. The SMILES string of the molecule is FCC(NCC1CCCO1)C1CC1. The maximum atomic E-state index is 12.5. The molecule has 0 radical (unpaired) electrons. The fourth-order valence-electron chi connectivity index (χ4n) is 1.93. The lowest BCUT2D eigenvalue weighted by Crippen LogP contribution is -2.38. The summed E-state index contributed by atoms with van der Waals surface area (Å²) in [5, 5.41) is 3.27. The number of halogens is 1. The Morgan fingerprint density at radius 2 is 2.23 bits per heavy atom. The van der Waals surface area contributed by atoms with Crippen molar-refractivity contribution in [2.75, 3.05) is 19.8 Å².